The van der Waals surface area contributed by atoms with E-state index < -0.39 is 5.95 Å². The van der Waals surface area contributed by atoms with E-state index in [1.165, 1.54) is 31.7 Å². The summed E-state index contributed by atoms with van der Waals surface area (Å²) in [6, 6.07) is 3.67. The van der Waals surface area contributed by atoms with Crippen molar-refractivity contribution in [2.75, 3.05) is 5.32 Å². The lowest BCUT2D eigenvalue weighted by atomic mass is 9.86. The van der Waals surface area contributed by atoms with Crippen LogP contribution in [0.3, 0.4) is 0 Å². The van der Waals surface area contributed by atoms with Crippen LogP contribution in [0.2, 0.25) is 0 Å². The smallest absolute Gasteiger partial charge is 0.212 e. The summed E-state index contributed by atoms with van der Waals surface area (Å²) in [4.78, 5) is 3.64. The van der Waals surface area contributed by atoms with E-state index in [2.05, 4.69) is 17.2 Å². The molecule has 1 aromatic heterocycles. The van der Waals surface area contributed by atoms with Crippen molar-refractivity contribution in [3.05, 3.63) is 24.3 Å². The third-order valence-corrected chi connectivity index (χ3v) is 3.19. The summed E-state index contributed by atoms with van der Waals surface area (Å²) in [5, 5.41) is 3.43. The maximum atomic E-state index is 12.6. The highest BCUT2D eigenvalue weighted by Gasteiger charge is 2.20. The normalized spacial score (nSPS) is 26.3. The van der Waals surface area contributed by atoms with Gasteiger partial charge < -0.3 is 5.32 Å². The van der Waals surface area contributed by atoms with E-state index >= 15 is 0 Å². The van der Waals surface area contributed by atoms with Crippen LogP contribution in [0.25, 0.3) is 0 Å². The first-order chi connectivity index (χ1) is 7.25. The van der Waals surface area contributed by atoms with Gasteiger partial charge in [-0.1, -0.05) is 19.8 Å². The number of rotatable bonds is 2. The standard InChI is InChI=1S/C12H17FN2/c1-9-4-2-3-5-11(9)15-10-6-7-12(13)14-8-10/h6-9,11,15H,2-5H2,1H3. The Labute approximate surface area is 89.9 Å². The quantitative estimate of drug-likeness (QED) is 0.755. The summed E-state index contributed by atoms with van der Waals surface area (Å²) in [6.07, 6.45) is 6.68. The Morgan fingerprint density at radius 3 is 2.80 bits per heavy atom. The zero-order valence-corrected chi connectivity index (χ0v) is 9.04. The first-order valence-electron chi connectivity index (χ1n) is 5.64. The number of hydrogen-bond acceptors (Lipinski definition) is 2. The van der Waals surface area contributed by atoms with E-state index in [-0.39, 0.29) is 0 Å². The fourth-order valence-electron chi connectivity index (χ4n) is 2.21. The van der Waals surface area contributed by atoms with Crippen LogP contribution < -0.4 is 5.32 Å². The summed E-state index contributed by atoms with van der Waals surface area (Å²) < 4.78 is 12.6. The summed E-state index contributed by atoms with van der Waals surface area (Å²) >= 11 is 0. The van der Waals surface area contributed by atoms with Crippen molar-refractivity contribution in [2.24, 2.45) is 5.92 Å². The molecule has 2 atom stereocenters. The van der Waals surface area contributed by atoms with Crippen molar-refractivity contribution in [3.63, 3.8) is 0 Å². The number of pyridine rings is 1. The van der Waals surface area contributed by atoms with Crippen LogP contribution >= 0.6 is 0 Å². The van der Waals surface area contributed by atoms with Gasteiger partial charge in [-0.25, -0.2) is 4.98 Å². The summed E-state index contributed by atoms with van der Waals surface area (Å²) in [5.74, 6) is 0.279. The highest BCUT2D eigenvalue weighted by atomic mass is 19.1. The van der Waals surface area contributed by atoms with Crippen LogP contribution in [0.5, 0.6) is 0 Å². The van der Waals surface area contributed by atoms with Crippen molar-refractivity contribution in [1.29, 1.82) is 0 Å². The summed E-state index contributed by atoms with van der Waals surface area (Å²) in [7, 11) is 0. The zero-order valence-electron chi connectivity index (χ0n) is 9.04. The Balaban J connectivity index is 1.98. The minimum atomic E-state index is -0.419. The Bertz CT molecular complexity index is 310. The van der Waals surface area contributed by atoms with Crippen LogP contribution in [0.1, 0.15) is 32.6 Å². The van der Waals surface area contributed by atoms with Gasteiger partial charge in [-0.15, -0.1) is 0 Å². The van der Waals surface area contributed by atoms with Gasteiger partial charge in [0.2, 0.25) is 5.95 Å². The lowest BCUT2D eigenvalue weighted by Crippen LogP contribution is -2.30. The molecule has 1 aliphatic carbocycles. The molecule has 1 fully saturated rings. The van der Waals surface area contributed by atoms with E-state index in [0.29, 0.717) is 12.0 Å². The van der Waals surface area contributed by atoms with Gasteiger partial charge in [-0.2, -0.15) is 4.39 Å². The SMILES string of the molecule is CC1CCCCC1Nc1ccc(F)nc1. The average molecular weight is 208 g/mol. The Morgan fingerprint density at radius 1 is 1.33 bits per heavy atom. The van der Waals surface area contributed by atoms with Crippen molar-refractivity contribution in [2.45, 2.75) is 38.6 Å². The maximum absolute atomic E-state index is 12.6. The maximum Gasteiger partial charge on any atom is 0.212 e. The molecule has 1 aromatic rings. The van der Waals surface area contributed by atoms with Gasteiger partial charge in [-0.05, 0) is 30.9 Å². The minimum Gasteiger partial charge on any atom is -0.381 e. The molecular weight excluding hydrogens is 191 g/mol. The molecule has 82 valence electrons. The molecule has 3 heteroatoms. The Morgan fingerprint density at radius 2 is 2.13 bits per heavy atom. The molecule has 1 saturated carbocycles. The monoisotopic (exact) mass is 208 g/mol. The van der Waals surface area contributed by atoms with Gasteiger partial charge in [0.15, 0.2) is 0 Å². The lowest BCUT2D eigenvalue weighted by molar-refractivity contribution is 0.349. The van der Waals surface area contributed by atoms with E-state index in [1.54, 1.807) is 12.3 Å². The fourth-order valence-corrected chi connectivity index (χ4v) is 2.21. The van der Waals surface area contributed by atoms with Crippen molar-refractivity contribution in [1.82, 2.24) is 4.98 Å². The number of nitrogens with zero attached hydrogens (tertiary/aromatic N) is 1. The predicted molar refractivity (Wildman–Crippen MR) is 59.2 cm³/mol. The van der Waals surface area contributed by atoms with Gasteiger partial charge in [0.25, 0.3) is 0 Å². The number of hydrogen-bond donors (Lipinski definition) is 1. The fraction of sp³-hybridized carbons (Fsp3) is 0.583. The molecule has 0 aromatic carbocycles. The topological polar surface area (TPSA) is 24.9 Å². The number of anilines is 1. The van der Waals surface area contributed by atoms with Gasteiger partial charge in [0.1, 0.15) is 0 Å². The van der Waals surface area contributed by atoms with Crippen LogP contribution in [0.4, 0.5) is 10.1 Å². The second kappa shape index (κ2) is 4.60. The second-order valence-electron chi connectivity index (χ2n) is 4.38. The van der Waals surface area contributed by atoms with Crippen LogP contribution in [-0.2, 0) is 0 Å². The van der Waals surface area contributed by atoms with Crippen molar-refractivity contribution < 1.29 is 4.39 Å². The van der Waals surface area contributed by atoms with Gasteiger partial charge >= 0.3 is 0 Å². The molecule has 2 rings (SSSR count). The average Bonchev–Trinajstić information content (AvgIpc) is 2.25. The molecule has 0 aliphatic heterocycles. The number of halogens is 1. The van der Waals surface area contributed by atoms with Crippen LogP contribution in [0.15, 0.2) is 18.3 Å². The van der Waals surface area contributed by atoms with E-state index in [4.69, 9.17) is 0 Å². The van der Waals surface area contributed by atoms with E-state index in [1.807, 2.05) is 0 Å². The molecule has 1 heterocycles. The zero-order chi connectivity index (χ0) is 10.7. The molecule has 0 spiro atoms. The third kappa shape index (κ3) is 2.67. The highest BCUT2D eigenvalue weighted by Crippen LogP contribution is 2.26. The molecule has 2 nitrogen and oxygen atoms in total. The molecule has 0 saturated heterocycles. The molecule has 0 amide bonds. The van der Waals surface area contributed by atoms with Crippen LogP contribution in [-0.4, -0.2) is 11.0 Å². The number of nitrogens with one attached hydrogen (secondary N) is 1. The largest absolute Gasteiger partial charge is 0.381 e. The first kappa shape index (κ1) is 10.4. The minimum absolute atomic E-state index is 0.419. The van der Waals surface area contributed by atoms with Gasteiger partial charge in [0.05, 0.1) is 11.9 Å². The molecule has 15 heavy (non-hydrogen) atoms. The molecule has 1 N–H and O–H groups in total. The van der Waals surface area contributed by atoms with E-state index in [9.17, 15) is 4.39 Å². The van der Waals surface area contributed by atoms with Crippen LogP contribution in [0, 0.1) is 11.9 Å². The molecule has 0 radical (unpaired) electrons. The number of aromatic nitrogens is 1. The summed E-state index contributed by atoms with van der Waals surface area (Å²) in [6.45, 7) is 2.27. The molecular formula is C12H17FN2. The van der Waals surface area contributed by atoms with E-state index in [0.717, 1.165) is 5.69 Å². The lowest BCUT2D eigenvalue weighted by Gasteiger charge is -2.30. The van der Waals surface area contributed by atoms with Gasteiger partial charge in [0, 0.05) is 6.04 Å². The Hall–Kier alpha value is -1.12. The van der Waals surface area contributed by atoms with Crippen molar-refractivity contribution in [3.8, 4) is 0 Å². The van der Waals surface area contributed by atoms with Crippen molar-refractivity contribution >= 4 is 5.69 Å². The summed E-state index contributed by atoms with van der Waals surface area (Å²) in [5.41, 5.74) is 0.926. The van der Waals surface area contributed by atoms with Gasteiger partial charge in [-0.3, -0.25) is 0 Å². The first-order valence-corrected chi connectivity index (χ1v) is 5.64. The third-order valence-electron chi connectivity index (χ3n) is 3.19. The molecule has 1 aliphatic rings. The molecule has 0 bridgehead atoms. The Kier molecular flexibility index (Phi) is 3.19. The molecule has 2 unspecified atom stereocenters. The predicted octanol–water partition coefficient (Wildman–Crippen LogP) is 3.21. The highest BCUT2D eigenvalue weighted by molar-refractivity contribution is 5.41. The second-order valence-corrected chi connectivity index (χ2v) is 4.38.